The molecule has 0 spiro atoms. The zero-order valence-electron chi connectivity index (χ0n) is 16.7. The van der Waals surface area contributed by atoms with Crippen LogP contribution in [-0.2, 0) is 17.6 Å². The Morgan fingerprint density at radius 1 is 1.33 bits per heavy atom. The maximum absolute atomic E-state index is 12.9. The van der Waals surface area contributed by atoms with Crippen LogP contribution in [-0.4, -0.2) is 42.9 Å². The van der Waals surface area contributed by atoms with Crippen molar-refractivity contribution in [2.75, 3.05) is 24.6 Å². The molecule has 8 heteroatoms. The Morgan fingerprint density at radius 3 is 2.73 bits per heavy atom. The molecule has 158 valence electrons. The molecule has 1 aliphatic heterocycles. The van der Waals surface area contributed by atoms with E-state index in [9.17, 15) is 24.1 Å². The molecule has 2 aromatic rings. The van der Waals surface area contributed by atoms with Crippen LogP contribution in [0.1, 0.15) is 45.2 Å². The van der Waals surface area contributed by atoms with Crippen LogP contribution in [0.25, 0.3) is 0 Å². The number of benzene rings is 2. The van der Waals surface area contributed by atoms with Crippen molar-refractivity contribution in [2.45, 2.75) is 32.2 Å². The number of nitrogens with zero attached hydrogens (tertiary/aromatic N) is 2. The van der Waals surface area contributed by atoms with Crippen molar-refractivity contribution in [2.24, 2.45) is 0 Å². The van der Waals surface area contributed by atoms with E-state index in [1.54, 1.807) is 13.0 Å². The molecule has 0 amide bonds. The van der Waals surface area contributed by atoms with E-state index in [1.807, 2.05) is 6.07 Å². The summed E-state index contributed by atoms with van der Waals surface area (Å²) in [6.07, 6.45) is 2.39. The number of anilines is 1. The molecular formula is C22H23FN2O5. The first-order chi connectivity index (χ1) is 14.4. The van der Waals surface area contributed by atoms with E-state index in [2.05, 4.69) is 4.90 Å². The number of rotatable bonds is 9. The first kappa shape index (κ1) is 21.4. The van der Waals surface area contributed by atoms with Gasteiger partial charge in [-0.25, -0.2) is 9.18 Å². The Hall–Kier alpha value is -3.29. The third kappa shape index (κ3) is 5.00. The fraction of sp³-hybridized carbons (Fsp3) is 0.364. The molecule has 2 aromatic carbocycles. The Balaban J connectivity index is 1.58. The van der Waals surface area contributed by atoms with Gasteiger partial charge in [0.1, 0.15) is 5.82 Å². The highest BCUT2D eigenvalue weighted by Crippen LogP contribution is 2.33. The summed E-state index contributed by atoms with van der Waals surface area (Å²) in [5, 5.41) is 10.9. The quantitative estimate of drug-likeness (QED) is 0.205. The summed E-state index contributed by atoms with van der Waals surface area (Å²) in [4.78, 5) is 36.3. The molecule has 0 N–H and O–H groups in total. The number of hydrogen-bond acceptors (Lipinski definition) is 6. The fourth-order valence-electron chi connectivity index (χ4n) is 3.67. The molecule has 1 aliphatic rings. The number of fused-ring (bicyclic) bond motifs is 1. The second kappa shape index (κ2) is 9.47. The van der Waals surface area contributed by atoms with Crippen LogP contribution >= 0.6 is 0 Å². The predicted molar refractivity (Wildman–Crippen MR) is 109 cm³/mol. The van der Waals surface area contributed by atoms with Crippen molar-refractivity contribution >= 4 is 17.9 Å². The lowest BCUT2D eigenvalue weighted by molar-refractivity contribution is -0.517. The summed E-state index contributed by atoms with van der Waals surface area (Å²) in [6.45, 7) is 3.09. The zero-order chi connectivity index (χ0) is 21.7. The molecule has 0 fully saturated rings. The van der Waals surface area contributed by atoms with Crippen molar-refractivity contribution in [3.05, 3.63) is 74.6 Å². The molecule has 0 radical (unpaired) electrons. The second-order valence-corrected chi connectivity index (χ2v) is 7.38. The van der Waals surface area contributed by atoms with Crippen LogP contribution in [0.15, 0.2) is 36.4 Å². The third-order valence-electron chi connectivity index (χ3n) is 5.15. The number of nitro groups is 1. The largest absolute Gasteiger partial charge is 0.462 e. The highest BCUT2D eigenvalue weighted by Gasteiger charge is 2.24. The van der Waals surface area contributed by atoms with Crippen LogP contribution in [0.4, 0.5) is 10.1 Å². The number of aldehydes is 1. The number of hydrogen-bond donors (Lipinski definition) is 0. The van der Waals surface area contributed by atoms with Crippen LogP contribution in [0.3, 0.4) is 0 Å². The monoisotopic (exact) mass is 414 g/mol. The van der Waals surface area contributed by atoms with Gasteiger partial charge >= 0.3 is 5.97 Å². The van der Waals surface area contributed by atoms with E-state index in [-0.39, 0.29) is 18.0 Å². The van der Waals surface area contributed by atoms with E-state index in [4.69, 9.17) is 4.74 Å². The van der Waals surface area contributed by atoms with Gasteiger partial charge in [-0.15, -0.1) is 0 Å². The minimum Gasteiger partial charge on any atom is -0.462 e. The lowest BCUT2D eigenvalue weighted by atomic mass is 9.99. The van der Waals surface area contributed by atoms with E-state index < -0.39 is 17.8 Å². The molecule has 7 nitrogen and oxygen atoms in total. The lowest BCUT2D eigenvalue weighted by Gasteiger charge is -2.21. The highest BCUT2D eigenvalue weighted by molar-refractivity contribution is 5.89. The SMILES string of the molecule is CC(Cc1cc(C=O)c2c(c1)CCN2CCCOC(=O)c1ccc(F)cc1)[N+](=O)[O-]. The van der Waals surface area contributed by atoms with Gasteiger partial charge in [-0.1, -0.05) is 6.07 Å². The summed E-state index contributed by atoms with van der Waals surface area (Å²) >= 11 is 0. The van der Waals surface area contributed by atoms with Gasteiger partial charge in [-0.2, -0.15) is 0 Å². The molecule has 0 saturated heterocycles. The second-order valence-electron chi connectivity index (χ2n) is 7.38. The van der Waals surface area contributed by atoms with E-state index >= 15 is 0 Å². The minimum atomic E-state index is -0.712. The van der Waals surface area contributed by atoms with E-state index in [0.29, 0.717) is 24.1 Å². The first-order valence-corrected chi connectivity index (χ1v) is 9.81. The number of carbonyl (C=O) groups is 2. The average molecular weight is 414 g/mol. The van der Waals surface area contributed by atoms with Gasteiger partial charge in [-0.05, 0) is 54.3 Å². The van der Waals surface area contributed by atoms with Crippen molar-refractivity contribution in [1.82, 2.24) is 0 Å². The van der Waals surface area contributed by atoms with Crippen molar-refractivity contribution in [1.29, 1.82) is 0 Å². The van der Waals surface area contributed by atoms with E-state index in [0.717, 1.165) is 36.1 Å². The molecule has 1 unspecified atom stereocenters. The Bertz CT molecular complexity index is 945. The molecular weight excluding hydrogens is 391 g/mol. The van der Waals surface area contributed by atoms with Crippen molar-refractivity contribution < 1.29 is 23.6 Å². The minimum absolute atomic E-state index is 0.205. The van der Waals surface area contributed by atoms with Gasteiger partial charge in [0.25, 0.3) is 0 Å². The summed E-state index contributed by atoms with van der Waals surface area (Å²) in [5.74, 6) is -0.920. The molecule has 1 heterocycles. The van der Waals surface area contributed by atoms with Crippen LogP contribution in [0.5, 0.6) is 0 Å². The topological polar surface area (TPSA) is 89.8 Å². The van der Waals surface area contributed by atoms with Crippen molar-refractivity contribution in [3.8, 4) is 0 Å². The Morgan fingerprint density at radius 2 is 2.07 bits per heavy atom. The molecule has 0 aromatic heterocycles. The number of esters is 1. The standard InChI is InChI=1S/C22H23FN2O5/c1-15(25(28)29)11-16-12-18-7-9-24(21(18)19(13-16)14-26)8-2-10-30-22(27)17-3-5-20(23)6-4-17/h3-6,12-15H,2,7-11H2,1H3. The normalized spacial score (nSPS) is 13.6. The predicted octanol–water partition coefficient (Wildman–Crippen LogP) is 3.46. The summed E-state index contributed by atoms with van der Waals surface area (Å²) < 4.78 is 18.2. The first-order valence-electron chi connectivity index (χ1n) is 9.81. The van der Waals surface area contributed by atoms with Gasteiger partial charge in [0.2, 0.25) is 6.04 Å². The zero-order valence-corrected chi connectivity index (χ0v) is 16.7. The fourth-order valence-corrected chi connectivity index (χ4v) is 3.67. The van der Waals surface area contributed by atoms with Gasteiger partial charge in [-0.3, -0.25) is 14.9 Å². The van der Waals surface area contributed by atoms with Crippen molar-refractivity contribution in [3.63, 3.8) is 0 Å². The van der Waals surface area contributed by atoms with Crippen LogP contribution < -0.4 is 4.90 Å². The van der Waals surface area contributed by atoms with Crippen LogP contribution in [0.2, 0.25) is 0 Å². The van der Waals surface area contributed by atoms with Gasteiger partial charge < -0.3 is 9.64 Å². The molecule has 0 aliphatic carbocycles. The maximum atomic E-state index is 12.9. The molecule has 0 saturated carbocycles. The Kier molecular flexibility index (Phi) is 6.76. The summed E-state index contributed by atoms with van der Waals surface area (Å²) in [7, 11) is 0. The average Bonchev–Trinajstić information content (AvgIpc) is 3.13. The van der Waals surface area contributed by atoms with Gasteiger partial charge in [0, 0.05) is 36.9 Å². The smallest absolute Gasteiger partial charge is 0.338 e. The van der Waals surface area contributed by atoms with Gasteiger partial charge in [0.15, 0.2) is 6.29 Å². The summed E-state index contributed by atoms with van der Waals surface area (Å²) in [5.41, 5.74) is 3.47. The molecule has 30 heavy (non-hydrogen) atoms. The number of halogens is 1. The maximum Gasteiger partial charge on any atom is 0.338 e. The lowest BCUT2D eigenvalue weighted by Crippen LogP contribution is -2.24. The van der Waals surface area contributed by atoms with Crippen LogP contribution in [0, 0.1) is 15.9 Å². The molecule has 3 rings (SSSR count). The summed E-state index contributed by atoms with van der Waals surface area (Å²) in [6, 6.07) is 8.12. The third-order valence-corrected chi connectivity index (χ3v) is 5.15. The number of carbonyl (C=O) groups excluding carboxylic acids is 2. The van der Waals surface area contributed by atoms with Gasteiger partial charge in [0.05, 0.1) is 17.9 Å². The Labute approximate surface area is 173 Å². The number of ether oxygens (including phenoxy) is 1. The van der Waals surface area contributed by atoms with E-state index in [1.165, 1.54) is 24.3 Å². The highest BCUT2D eigenvalue weighted by atomic mass is 19.1. The molecule has 1 atom stereocenters. The molecule has 0 bridgehead atoms.